The predicted molar refractivity (Wildman–Crippen MR) is 103 cm³/mol. The zero-order valence-electron chi connectivity index (χ0n) is 14.7. The van der Waals surface area contributed by atoms with Gasteiger partial charge in [-0.2, -0.15) is 0 Å². The van der Waals surface area contributed by atoms with Crippen LogP contribution in [-0.2, 0) is 19.9 Å². The number of nitrogens with zero attached hydrogens (tertiary/aromatic N) is 5. The van der Waals surface area contributed by atoms with Crippen LogP contribution in [0.4, 0.5) is 4.39 Å². The van der Waals surface area contributed by atoms with Crippen LogP contribution >= 0.6 is 0 Å². The summed E-state index contributed by atoms with van der Waals surface area (Å²) in [5, 5.41) is 1.08. The van der Waals surface area contributed by atoms with Gasteiger partial charge in [0, 0.05) is 36.9 Å². The first-order valence-corrected chi connectivity index (χ1v) is 8.80. The molecule has 0 N–H and O–H groups in total. The third kappa shape index (κ3) is 2.61. The van der Waals surface area contributed by atoms with Crippen LogP contribution in [0.5, 0.6) is 0 Å². The number of hydrogen-bond acceptors (Lipinski definition) is 4. The highest BCUT2D eigenvalue weighted by molar-refractivity contribution is 6.01. The van der Waals surface area contributed by atoms with Crippen LogP contribution < -0.4 is 0 Å². The minimum Gasteiger partial charge on any atom is -0.331 e. The summed E-state index contributed by atoms with van der Waals surface area (Å²) >= 11 is 0. The molecule has 6 heteroatoms. The van der Waals surface area contributed by atoms with Crippen molar-refractivity contribution in [2.24, 2.45) is 7.05 Å². The third-order valence-electron chi connectivity index (χ3n) is 4.91. The molecule has 0 unspecified atom stereocenters. The average molecular weight is 357 g/mol. The van der Waals surface area contributed by atoms with Gasteiger partial charge in [0.2, 0.25) is 0 Å². The summed E-state index contributed by atoms with van der Waals surface area (Å²) in [6, 6.07) is 13.2. The van der Waals surface area contributed by atoms with E-state index in [1.54, 1.807) is 6.20 Å². The van der Waals surface area contributed by atoms with Crippen molar-refractivity contribution >= 4 is 33.0 Å². The highest BCUT2D eigenvalue weighted by Crippen LogP contribution is 2.24. The van der Waals surface area contributed by atoms with Crippen LogP contribution in [0.25, 0.3) is 33.0 Å². The maximum Gasteiger partial charge on any atom is 0.152 e. The van der Waals surface area contributed by atoms with E-state index < -0.39 is 0 Å². The van der Waals surface area contributed by atoms with Crippen molar-refractivity contribution in [3.05, 3.63) is 72.2 Å². The maximum atomic E-state index is 14.0. The normalized spacial score (nSPS) is 11.6. The molecule has 0 bridgehead atoms. The Morgan fingerprint density at radius 2 is 1.78 bits per heavy atom. The standard InChI is InChI=1S/C21H16FN5/c1-27-17-8-4-13-3-2-11-24-19(13)21(17)26-18(27)9-6-14-5-7-16-20(25-14)15(22)10-12-23-16/h2-5,7-8,10-12H,6,9H2,1H3. The van der Waals surface area contributed by atoms with E-state index in [4.69, 9.17) is 4.98 Å². The molecule has 1 aromatic carbocycles. The van der Waals surface area contributed by atoms with Crippen LogP contribution in [-0.4, -0.2) is 24.5 Å². The number of benzene rings is 1. The van der Waals surface area contributed by atoms with E-state index in [0.29, 0.717) is 23.9 Å². The molecule has 132 valence electrons. The summed E-state index contributed by atoms with van der Waals surface area (Å²) in [5.41, 5.74) is 4.58. The maximum absolute atomic E-state index is 14.0. The summed E-state index contributed by atoms with van der Waals surface area (Å²) in [4.78, 5) is 17.9. The monoisotopic (exact) mass is 357 g/mol. The summed E-state index contributed by atoms with van der Waals surface area (Å²) < 4.78 is 16.0. The van der Waals surface area contributed by atoms with Crippen molar-refractivity contribution in [3.63, 3.8) is 0 Å². The van der Waals surface area contributed by atoms with Crippen molar-refractivity contribution < 1.29 is 4.39 Å². The molecular formula is C21H16FN5. The van der Waals surface area contributed by atoms with Crippen LogP contribution in [0, 0.1) is 5.82 Å². The molecule has 0 spiro atoms. The largest absolute Gasteiger partial charge is 0.331 e. The van der Waals surface area contributed by atoms with Crippen molar-refractivity contribution in [2.45, 2.75) is 12.8 Å². The predicted octanol–water partition coefficient (Wildman–Crippen LogP) is 3.99. The Labute approximate surface area is 154 Å². The first-order chi connectivity index (χ1) is 13.2. The van der Waals surface area contributed by atoms with Gasteiger partial charge in [-0.3, -0.25) is 9.97 Å². The number of rotatable bonds is 3. The lowest BCUT2D eigenvalue weighted by atomic mass is 10.2. The van der Waals surface area contributed by atoms with Gasteiger partial charge in [0.25, 0.3) is 0 Å². The molecule has 5 rings (SSSR count). The molecule has 4 aromatic heterocycles. The van der Waals surface area contributed by atoms with Gasteiger partial charge in [-0.15, -0.1) is 0 Å². The van der Waals surface area contributed by atoms with Gasteiger partial charge in [0.05, 0.1) is 16.6 Å². The number of hydrogen-bond donors (Lipinski definition) is 0. The van der Waals surface area contributed by atoms with Crippen molar-refractivity contribution in [1.29, 1.82) is 0 Å². The molecule has 5 nitrogen and oxygen atoms in total. The fraction of sp³-hybridized carbons (Fsp3) is 0.143. The number of aryl methyl sites for hydroxylation is 3. The van der Waals surface area contributed by atoms with Crippen LogP contribution in [0.1, 0.15) is 11.5 Å². The minimum atomic E-state index is -0.345. The van der Waals surface area contributed by atoms with Gasteiger partial charge in [0.1, 0.15) is 16.9 Å². The van der Waals surface area contributed by atoms with E-state index in [1.165, 1.54) is 12.3 Å². The van der Waals surface area contributed by atoms with Gasteiger partial charge in [0.15, 0.2) is 5.82 Å². The summed E-state index contributed by atoms with van der Waals surface area (Å²) in [7, 11) is 2.01. The van der Waals surface area contributed by atoms with Crippen LogP contribution in [0.2, 0.25) is 0 Å². The fourth-order valence-electron chi connectivity index (χ4n) is 3.48. The Morgan fingerprint density at radius 3 is 2.70 bits per heavy atom. The summed E-state index contributed by atoms with van der Waals surface area (Å²) in [6.45, 7) is 0. The van der Waals surface area contributed by atoms with Gasteiger partial charge >= 0.3 is 0 Å². The topological polar surface area (TPSA) is 56.5 Å². The summed E-state index contributed by atoms with van der Waals surface area (Å²) in [6.07, 6.45) is 4.63. The van der Waals surface area contributed by atoms with E-state index in [9.17, 15) is 4.39 Å². The van der Waals surface area contributed by atoms with Crippen molar-refractivity contribution in [1.82, 2.24) is 24.5 Å². The molecule has 5 aromatic rings. The van der Waals surface area contributed by atoms with Crippen molar-refractivity contribution in [3.8, 4) is 0 Å². The van der Waals surface area contributed by atoms with E-state index in [-0.39, 0.29) is 5.82 Å². The molecule has 27 heavy (non-hydrogen) atoms. The first-order valence-electron chi connectivity index (χ1n) is 8.80. The van der Waals surface area contributed by atoms with Gasteiger partial charge < -0.3 is 4.57 Å². The van der Waals surface area contributed by atoms with E-state index in [2.05, 4.69) is 31.7 Å². The van der Waals surface area contributed by atoms with Gasteiger partial charge in [-0.25, -0.2) is 14.4 Å². The van der Waals surface area contributed by atoms with Gasteiger partial charge in [-0.05, 0) is 36.8 Å². The van der Waals surface area contributed by atoms with Crippen molar-refractivity contribution in [2.75, 3.05) is 0 Å². The quantitative estimate of drug-likeness (QED) is 0.490. The number of imidazole rings is 1. The molecule has 0 radical (unpaired) electrons. The highest BCUT2D eigenvalue weighted by Gasteiger charge is 2.12. The number of pyridine rings is 3. The molecule has 0 fully saturated rings. The second-order valence-electron chi connectivity index (χ2n) is 6.56. The third-order valence-corrected chi connectivity index (χ3v) is 4.91. The molecule has 0 aliphatic rings. The van der Waals surface area contributed by atoms with Gasteiger partial charge in [-0.1, -0.05) is 12.1 Å². The lowest BCUT2D eigenvalue weighted by Crippen LogP contribution is -2.02. The molecule has 0 saturated heterocycles. The molecule has 0 aliphatic heterocycles. The number of aromatic nitrogens is 5. The van der Waals surface area contributed by atoms with Crippen LogP contribution in [0.3, 0.4) is 0 Å². The second kappa shape index (κ2) is 6.09. The zero-order valence-corrected chi connectivity index (χ0v) is 14.7. The summed E-state index contributed by atoms with van der Waals surface area (Å²) in [5.74, 6) is 0.610. The Balaban J connectivity index is 1.51. The van der Waals surface area contributed by atoms with E-state index in [1.807, 2.05) is 31.3 Å². The minimum absolute atomic E-state index is 0.315. The first kappa shape index (κ1) is 15.8. The Kier molecular flexibility index (Phi) is 3.57. The Morgan fingerprint density at radius 1 is 0.852 bits per heavy atom. The molecule has 0 saturated carbocycles. The van der Waals surface area contributed by atoms with E-state index >= 15 is 0 Å². The lowest BCUT2D eigenvalue weighted by Gasteiger charge is -2.04. The molecular weight excluding hydrogens is 341 g/mol. The highest BCUT2D eigenvalue weighted by atomic mass is 19.1. The molecule has 0 amide bonds. The molecule has 0 aliphatic carbocycles. The molecule has 0 atom stereocenters. The smallest absolute Gasteiger partial charge is 0.152 e. The lowest BCUT2D eigenvalue weighted by molar-refractivity contribution is 0.634. The van der Waals surface area contributed by atoms with Crippen LogP contribution in [0.15, 0.2) is 54.9 Å². The second-order valence-corrected chi connectivity index (χ2v) is 6.56. The number of fused-ring (bicyclic) bond motifs is 4. The fourth-order valence-corrected chi connectivity index (χ4v) is 3.48. The number of halogens is 1. The Hall–Kier alpha value is -3.41. The van der Waals surface area contributed by atoms with E-state index in [0.717, 1.165) is 33.5 Å². The SMILES string of the molecule is Cn1c(CCc2ccc3nccc(F)c3n2)nc2c3ncccc3ccc21. The Bertz CT molecular complexity index is 1310. The molecule has 4 heterocycles. The average Bonchev–Trinajstić information content (AvgIpc) is 3.03. The zero-order chi connectivity index (χ0) is 18.4.